The summed E-state index contributed by atoms with van der Waals surface area (Å²) in [6.07, 6.45) is 3.98. The predicted octanol–water partition coefficient (Wildman–Crippen LogP) is 1.91. The standard InChI is InChI=1S/C19H27N3O2/c1-15(23)20(2)17-9-12-21(13-10-17)14-19(24)22-11-5-7-16-6-3-4-8-18(16)22/h3-4,6,8,17H,5,7,9-14H2,1-2H3. The molecule has 2 aliphatic heterocycles. The quantitative estimate of drug-likeness (QED) is 0.851. The molecule has 1 saturated heterocycles. The molecule has 2 amide bonds. The first-order chi connectivity index (χ1) is 11.6. The highest BCUT2D eigenvalue weighted by molar-refractivity contribution is 5.95. The monoisotopic (exact) mass is 329 g/mol. The number of aryl methyl sites for hydroxylation is 1. The molecule has 1 aromatic rings. The zero-order valence-corrected chi connectivity index (χ0v) is 14.7. The van der Waals surface area contributed by atoms with Gasteiger partial charge in [0.25, 0.3) is 0 Å². The van der Waals surface area contributed by atoms with Gasteiger partial charge in [-0.25, -0.2) is 0 Å². The van der Waals surface area contributed by atoms with Crippen molar-refractivity contribution in [3.8, 4) is 0 Å². The van der Waals surface area contributed by atoms with Gasteiger partial charge < -0.3 is 9.80 Å². The number of hydrogen-bond acceptors (Lipinski definition) is 3. The number of hydrogen-bond donors (Lipinski definition) is 0. The summed E-state index contributed by atoms with van der Waals surface area (Å²) in [4.78, 5) is 30.3. The van der Waals surface area contributed by atoms with Crippen molar-refractivity contribution in [2.24, 2.45) is 0 Å². The molecule has 0 unspecified atom stereocenters. The lowest BCUT2D eigenvalue weighted by molar-refractivity contribution is -0.131. The minimum atomic E-state index is 0.120. The second kappa shape index (κ2) is 7.34. The van der Waals surface area contributed by atoms with E-state index >= 15 is 0 Å². The number of anilines is 1. The van der Waals surface area contributed by atoms with Gasteiger partial charge in [0, 0.05) is 45.3 Å². The largest absolute Gasteiger partial charge is 0.343 e. The number of amides is 2. The van der Waals surface area contributed by atoms with E-state index in [0.29, 0.717) is 12.6 Å². The average Bonchev–Trinajstić information content (AvgIpc) is 2.61. The molecule has 0 saturated carbocycles. The molecule has 0 spiro atoms. The first kappa shape index (κ1) is 17.0. The normalized spacial score (nSPS) is 19.0. The van der Waals surface area contributed by atoms with Gasteiger partial charge in [-0.15, -0.1) is 0 Å². The molecular formula is C19H27N3O2. The maximum atomic E-state index is 12.8. The fraction of sp³-hybridized carbons (Fsp3) is 0.579. The van der Waals surface area contributed by atoms with Gasteiger partial charge in [0.1, 0.15) is 0 Å². The summed E-state index contributed by atoms with van der Waals surface area (Å²) in [6.45, 7) is 4.67. The van der Waals surface area contributed by atoms with Gasteiger partial charge in [-0.05, 0) is 37.3 Å². The van der Waals surface area contributed by atoms with Crippen molar-refractivity contribution in [1.82, 2.24) is 9.80 Å². The predicted molar refractivity (Wildman–Crippen MR) is 95.0 cm³/mol. The second-order valence-electron chi connectivity index (χ2n) is 6.91. The Morgan fingerprint density at radius 3 is 2.58 bits per heavy atom. The Morgan fingerprint density at radius 1 is 1.17 bits per heavy atom. The minimum absolute atomic E-state index is 0.120. The van der Waals surface area contributed by atoms with Crippen LogP contribution in [0.5, 0.6) is 0 Å². The van der Waals surface area contributed by atoms with Gasteiger partial charge in [-0.3, -0.25) is 14.5 Å². The Hall–Kier alpha value is -1.88. The van der Waals surface area contributed by atoms with Crippen molar-refractivity contribution >= 4 is 17.5 Å². The molecule has 5 heteroatoms. The van der Waals surface area contributed by atoms with Crippen LogP contribution in [0.1, 0.15) is 31.7 Å². The molecule has 130 valence electrons. The van der Waals surface area contributed by atoms with Crippen molar-refractivity contribution in [3.63, 3.8) is 0 Å². The minimum Gasteiger partial charge on any atom is -0.343 e. The molecule has 5 nitrogen and oxygen atoms in total. The van der Waals surface area contributed by atoms with Crippen LogP contribution in [-0.2, 0) is 16.0 Å². The fourth-order valence-electron chi connectivity index (χ4n) is 3.79. The fourth-order valence-corrected chi connectivity index (χ4v) is 3.79. The molecular weight excluding hydrogens is 302 g/mol. The molecule has 0 radical (unpaired) electrons. The molecule has 0 aliphatic carbocycles. The number of rotatable bonds is 3. The van der Waals surface area contributed by atoms with E-state index in [0.717, 1.165) is 51.0 Å². The number of carbonyl (C=O) groups excluding carboxylic acids is 2. The Kier molecular flexibility index (Phi) is 5.19. The molecule has 1 fully saturated rings. The van der Waals surface area contributed by atoms with Crippen molar-refractivity contribution < 1.29 is 9.59 Å². The van der Waals surface area contributed by atoms with E-state index < -0.39 is 0 Å². The van der Waals surface area contributed by atoms with E-state index in [4.69, 9.17) is 0 Å². The van der Waals surface area contributed by atoms with Crippen LogP contribution in [0, 0.1) is 0 Å². The number of para-hydroxylation sites is 1. The maximum absolute atomic E-state index is 12.8. The topological polar surface area (TPSA) is 43.9 Å². The maximum Gasteiger partial charge on any atom is 0.241 e. The number of piperidine rings is 1. The van der Waals surface area contributed by atoms with Gasteiger partial charge in [0.05, 0.1) is 6.54 Å². The van der Waals surface area contributed by atoms with Crippen LogP contribution in [0.15, 0.2) is 24.3 Å². The number of fused-ring (bicyclic) bond motifs is 1. The summed E-state index contributed by atoms with van der Waals surface area (Å²) in [5.41, 5.74) is 2.36. The molecule has 0 N–H and O–H groups in total. The van der Waals surface area contributed by atoms with Gasteiger partial charge in [0.15, 0.2) is 0 Å². The van der Waals surface area contributed by atoms with Crippen LogP contribution in [0.2, 0.25) is 0 Å². The van der Waals surface area contributed by atoms with Crippen molar-refractivity contribution in [1.29, 1.82) is 0 Å². The molecule has 3 rings (SSSR count). The highest BCUT2D eigenvalue weighted by Crippen LogP contribution is 2.27. The molecule has 1 aromatic carbocycles. The van der Waals surface area contributed by atoms with Crippen molar-refractivity contribution in [3.05, 3.63) is 29.8 Å². The van der Waals surface area contributed by atoms with Gasteiger partial charge >= 0.3 is 0 Å². The van der Waals surface area contributed by atoms with Crippen molar-refractivity contribution in [2.45, 2.75) is 38.6 Å². The lowest BCUT2D eigenvalue weighted by Crippen LogP contribution is -2.49. The van der Waals surface area contributed by atoms with Crippen molar-refractivity contribution in [2.75, 3.05) is 38.1 Å². The third-order valence-electron chi connectivity index (χ3n) is 5.37. The summed E-state index contributed by atoms with van der Waals surface area (Å²) in [5, 5.41) is 0. The van der Waals surface area contributed by atoms with E-state index in [1.165, 1.54) is 5.56 Å². The van der Waals surface area contributed by atoms with Gasteiger partial charge in [-0.2, -0.15) is 0 Å². The molecule has 24 heavy (non-hydrogen) atoms. The summed E-state index contributed by atoms with van der Waals surface area (Å²) < 4.78 is 0. The Balaban J connectivity index is 1.56. The number of likely N-dealkylation sites (tertiary alicyclic amines) is 1. The average molecular weight is 329 g/mol. The van der Waals surface area contributed by atoms with E-state index in [-0.39, 0.29) is 11.8 Å². The third-order valence-corrected chi connectivity index (χ3v) is 5.37. The Morgan fingerprint density at radius 2 is 1.88 bits per heavy atom. The molecule has 0 bridgehead atoms. The number of nitrogens with zero attached hydrogens (tertiary/aromatic N) is 3. The van der Waals surface area contributed by atoms with Gasteiger partial charge in [0.2, 0.25) is 11.8 Å². The van der Waals surface area contributed by atoms with Crippen LogP contribution < -0.4 is 4.90 Å². The number of carbonyl (C=O) groups is 2. The highest BCUT2D eigenvalue weighted by Gasteiger charge is 2.27. The lowest BCUT2D eigenvalue weighted by Gasteiger charge is -2.37. The molecule has 0 atom stereocenters. The van der Waals surface area contributed by atoms with Crippen LogP contribution in [0.25, 0.3) is 0 Å². The SMILES string of the molecule is CC(=O)N(C)C1CCN(CC(=O)N2CCCc3ccccc32)CC1. The van der Waals surface area contributed by atoms with Gasteiger partial charge in [-0.1, -0.05) is 18.2 Å². The lowest BCUT2D eigenvalue weighted by atomic mass is 10.0. The van der Waals surface area contributed by atoms with E-state index in [1.54, 1.807) is 6.92 Å². The summed E-state index contributed by atoms with van der Waals surface area (Å²) in [5.74, 6) is 0.315. The smallest absolute Gasteiger partial charge is 0.241 e. The third kappa shape index (κ3) is 3.61. The number of benzene rings is 1. The van der Waals surface area contributed by atoms with Crippen LogP contribution >= 0.6 is 0 Å². The summed E-state index contributed by atoms with van der Waals surface area (Å²) in [7, 11) is 1.87. The van der Waals surface area contributed by atoms with E-state index in [9.17, 15) is 9.59 Å². The Labute approximate surface area is 144 Å². The first-order valence-corrected chi connectivity index (χ1v) is 8.90. The molecule has 2 aliphatic rings. The summed E-state index contributed by atoms with van der Waals surface area (Å²) in [6, 6.07) is 8.54. The Bertz CT molecular complexity index is 608. The highest BCUT2D eigenvalue weighted by atomic mass is 16.2. The zero-order valence-electron chi connectivity index (χ0n) is 14.7. The van der Waals surface area contributed by atoms with Crippen LogP contribution in [0.4, 0.5) is 5.69 Å². The van der Waals surface area contributed by atoms with E-state index in [1.807, 2.05) is 29.0 Å². The summed E-state index contributed by atoms with van der Waals surface area (Å²) >= 11 is 0. The van der Waals surface area contributed by atoms with Crippen LogP contribution in [-0.4, -0.2) is 60.9 Å². The second-order valence-corrected chi connectivity index (χ2v) is 6.91. The molecule has 2 heterocycles. The van der Waals surface area contributed by atoms with Crippen LogP contribution in [0.3, 0.4) is 0 Å². The zero-order chi connectivity index (χ0) is 17.1. The van der Waals surface area contributed by atoms with E-state index in [2.05, 4.69) is 17.0 Å². The first-order valence-electron chi connectivity index (χ1n) is 8.90. The molecule has 0 aromatic heterocycles.